The number of likely N-dealkylation sites (N-methyl/N-ethyl adjacent to an activating group) is 1. The van der Waals surface area contributed by atoms with Gasteiger partial charge in [0.15, 0.2) is 0 Å². The topological polar surface area (TPSA) is 36.8 Å². The summed E-state index contributed by atoms with van der Waals surface area (Å²) in [7, 11) is 2.09. The first-order chi connectivity index (χ1) is 11.8. The molecule has 1 aliphatic heterocycles. The lowest BCUT2D eigenvalue weighted by molar-refractivity contribution is -0.880. The van der Waals surface area contributed by atoms with Crippen LogP contribution in [0.5, 0.6) is 0 Å². The van der Waals surface area contributed by atoms with Crippen LogP contribution < -0.4 is 15.1 Å². The number of hydrogen-bond donors (Lipinski definition) is 2. The molecular weight excluding hydrogens is 351 g/mol. The average molecular weight is 370 g/mol. The fourth-order valence-electron chi connectivity index (χ4n) is 2.81. The van der Waals surface area contributed by atoms with Gasteiger partial charge in [0.1, 0.15) is 0 Å². The number of anilines is 2. The molecule has 2 heterocycles. The molecular formula is C17H19F3N3OS+. The Morgan fingerprint density at radius 3 is 2.56 bits per heavy atom. The van der Waals surface area contributed by atoms with Crippen molar-refractivity contribution >= 4 is 28.6 Å². The number of quaternary nitrogens is 1. The predicted octanol–water partition coefficient (Wildman–Crippen LogP) is 2.35. The molecule has 0 radical (unpaired) electrons. The summed E-state index contributed by atoms with van der Waals surface area (Å²) in [6, 6.07) is 6.92. The van der Waals surface area contributed by atoms with Crippen LogP contribution in [0.4, 0.5) is 24.5 Å². The highest BCUT2D eigenvalue weighted by atomic mass is 32.1. The van der Waals surface area contributed by atoms with Gasteiger partial charge in [-0.3, -0.25) is 4.79 Å². The van der Waals surface area contributed by atoms with Gasteiger partial charge in [-0.2, -0.15) is 13.2 Å². The van der Waals surface area contributed by atoms with Crippen molar-refractivity contribution in [2.24, 2.45) is 0 Å². The van der Waals surface area contributed by atoms with E-state index in [1.807, 2.05) is 4.90 Å². The van der Waals surface area contributed by atoms with Gasteiger partial charge in [-0.05, 0) is 29.6 Å². The Morgan fingerprint density at radius 2 is 1.96 bits per heavy atom. The molecule has 25 heavy (non-hydrogen) atoms. The summed E-state index contributed by atoms with van der Waals surface area (Å²) in [5.74, 6) is -0.393. The van der Waals surface area contributed by atoms with E-state index in [1.165, 1.54) is 22.3 Å². The lowest BCUT2D eigenvalue weighted by Gasteiger charge is -2.33. The van der Waals surface area contributed by atoms with Crippen molar-refractivity contribution in [1.82, 2.24) is 0 Å². The van der Waals surface area contributed by atoms with E-state index >= 15 is 0 Å². The first-order valence-corrected chi connectivity index (χ1v) is 8.85. The number of halogens is 3. The zero-order valence-electron chi connectivity index (χ0n) is 13.7. The first-order valence-electron chi connectivity index (χ1n) is 7.97. The lowest BCUT2D eigenvalue weighted by atomic mass is 10.1. The van der Waals surface area contributed by atoms with Gasteiger partial charge in [0, 0.05) is 0 Å². The molecule has 2 aromatic rings. The van der Waals surface area contributed by atoms with Crippen LogP contribution >= 0.6 is 11.3 Å². The molecule has 0 unspecified atom stereocenters. The maximum Gasteiger partial charge on any atom is 0.416 e. The number of amides is 1. The standard InChI is InChI=1S/C17H18F3N3OS/c1-22-6-8-23(9-7-22)14-5-4-12(17(18,19)20)11-13(14)21-16(24)15-3-2-10-25-15/h2-5,10-11H,6-9H2,1H3,(H,21,24)/p+1. The molecule has 134 valence electrons. The summed E-state index contributed by atoms with van der Waals surface area (Å²) in [4.78, 5) is 16.2. The summed E-state index contributed by atoms with van der Waals surface area (Å²) < 4.78 is 39.2. The molecule has 1 aliphatic rings. The summed E-state index contributed by atoms with van der Waals surface area (Å²) in [6.45, 7) is 3.27. The Hall–Kier alpha value is -2.06. The van der Waals surface area contributed by atoms with Crippen LogP contribution in [-0.4, -0.2) is 39.1 Å². The van der Waals surface area contributed by atoms with Crippen molar-refractivity contribution in [2.45, 2.75) is 6.18 Å². The third-order valence-electron chi connectivity index (χ3n) is 4.27. The van der Waals surface area contributed by atoms with Crippen molar-refractivity contribution in [1.29, 1.82) is 0 Å². The van der Waals surface area contributed by atoms with Crippen LogP contribution in [0.15, 0.2) is 35.7 Å². The van der Waals surface area contributed by atoms with Crippen molar-refractivity contribution in [2.75, 3.05) is 43.4 Å². The van der Waals surface area contributed by atoms with Gasteiger partial charge in [-0.15, -0.1) is 11.3 Å². The largest absolute Gasteiger partial charge is 0.416 e. The van der Waals surface area contributed by atoms with E-state index in [1.54, 1.807) is 17.5 Å². The van der Waals surface area contributed by atoms with Gasteiger partial charge in [0.2, 0.25) is 0 Å². The molecule has 0 atom stereocenters. The van der Waals surface area contributed by atoms with E-state index in [-0.39, 0.29) is 5.69 Å². The molecule has 3 rings (SSSR count). The minimum Gasteiger partial charge on any atom is -0.359 e. The van der Waals surface area contributed by atoms with Crippen molar-refractivity contribution < 1.29 is 22.9 Å². The number of carbonyl (C=O) groups is 1. The van der Waals surface area contributed by atoms with Crippen LogP contribution in [0, 0.1) is 0 Å². The quantitative estimate of drug-likeness (QED) is 0.870. The molecule has 0 bridgehead atoms. The van der Waals surface area contributed by atoms with E-state index < -0.39 is 17.6 Å². The van der Waals surface area contributed by atoms with Crippen LogP contribution in [0.25, 0.3) is 0 Å². The minimum absolute atomic E-state index is 0.202. The third kappa shape index (κ3) is 4.13. The van der Waals surface area contributed by atoms with Crippen LogP contribution in [0.3, 0.4) is 0 Å². The maximum absolute atomic E-state index is 13.1. The van der Waals surface area contributed by atoms with E-state index in [0.717, 1.165) is 38.3 Å². The number of thiophene rings is 1. The average Bonchev–Trinajstić information content (AvgIpc) is 3.09. The fourth-order valence-corrected chi connectivity index (χ4v) is 3.43. The number of rotatable bonds is 3. The second-order valence-corrected chi connectivity index (χ2v) is 7.05. The minimum atomic E-state index is -4.45. The second-order valence-electron chi connectivity index (χ2n) is 6.11. The second kappa shape index (κ2) is 7.05. The van der Waals surface area contributed by atoms with Crippen LogP contribution in [0.2, 0.25) is 0 Å². The van der Waals surface area contributed by atoms with Crippen LogP contribution in [-0.2, 0) is 6.18 Å². The predicted molar refractivity (Wildman–Crippen MR) is 92.5 cm³/mol. The van der Waals surface area contributed by atoms with Crippen LogP contribution in [0.1, 0.15) is 15.2 Å². The maximum atomic E-state index is 13.1. The van der Waals surface area contributed by atoms with Gasteiger partial charge >= 0.3 is 6.18 Å². The Morgan fingerprint density at radius 1 is 1.24 bits per heavy atom. The van der Waals surface area contributed by atoms with Gasteiger partial charge in [0.25, 0.3) is 5.91 Å². The highest BCUT2D eigenvalue weighted by molar-refractivity contribution is 7.12. The summed E-state index contributed by atoms with van der Waals surface area (Å²) >= 11 is 1.25. The number of carbonyl (C=O) groups excluding carboxylic acids is 1. The molecule has 0 saturated carbocycles. The zero-order valence-corrected chi connectivity index (χ0v) is 14.5. The fraction of sp³-hybridized carbons (Fsp3) is 0.353. The molecule has 1 aromatic carbocycles. The van der Waals surface area contributed by atoms with Crippen molar-refractivity contribution in [3.8, 4) is 0 Å². The normalized spacial score (nSPS) is 16.1. The Balaban J connectivity index is 1.92. The summed E-state index contributed by atoms with van der Waals surface area (Å²) in [5.41, 5.74) is 0.0654. The number of nitrogens with one attached hydrogen (secondary N) is 2. The molecule has 1 amide bonds. The van der Waals surface area contributed by atoms with Crippen molar-refractivity contribution in [3.05, 3.63) is 46.2 Å². The van der Waals surface area contributed by atoms with E-state index in [2.05, 4.69) is 12.4 Å². The van der Waals surface area contributed by atoms with Gasteiger partial charge in [-0.1, -0.05) is 6.07 Å². The van der Waals surface area contributed by atoms with Gasteiger partial charge in [-0.25, -0.2) is 0 Å². The highest BCUT2D eigenvalue weighted by Crippen LogP contribution is 2.35. The van der Waals surface area contributed by atoms with E-state index in [4.69, 9.17) is 0 Å². The lowest BCUT2D eigenvalue weighted by Crippen LogP contribution is -3.12. The number of nitrogens with zero attached hydrogens (tertiary/aromatic N) is 1. The summed E-state index contributed by atoms with van der Waals surface area (Å²) in [6.07, 6.45) is -4.45. The molecule has 1 fully saturated rings. The molecule has 4 nitrogen and oxygen atoms in total. The smallest absolute Gasteiger partial charge is 0.359 e. The zero-order chi connectivity index (χ0) is 18.0. The van der Waals surface area contributed by atoms with Gasteiger partial charge in [0.05, 0.1) is 55.0 Å². The molecule has 2 N–H and O–H groups in total. The number of alkyl halides is 3. The molecule has 1 saturated heterocycles. The number of hydrogen-bond acceptors (Lipinski definition) is 3. The number of piperazine rings is 1. The summed E-state index contributed by atoms with van der Waals surface area (Å²) in [5, 5.41) is 4.41. The monoisotopic (exact) mass is 370 g/mol. The Kier molecular flexibility index (Phi) is 5.01. The molecule has 1 aromatic heterocycles. The van der Waals surface area contributed by atoms with Crippen molar-refractivity contribution in [3.63, 3.8) is 0 Å². The highest BCUT2D eigenvalue weighted by Gasteiger charge is 2.32. The van der Waals surface area contributed by atoms with E-state index in [0.29, 0.717) is 10.6 Å². The molecule has 0 aliphatic carbocycles. The SMILES string of the molecule is C[NH+]1CCN(c2ccc(C(F)(F)F)cc2NC(=O)c2cccs2)CC1. The molecule has 8 heteroatoms. The Labute approximate surface area is 147 Å². The van der Waals surface area contributed by atoms with Gasteiger partial charge < -0.3 is 15.1 Å². The first kappa shape index (κ1) is 17.8. The Bertz CT molecular complexity index is 738. The third-order valence-corrected chi connectivity index (χ3v) is 5.14. The number of benzene rings is 1. The molecule has 0 spiro atoms. The van der Waals surface area contributed by atoms with E-state index in [9.17, 15) is 18.0 Å².